The van der Waals surface area contributed by atoms with Gasteiger partial charge >= 0.3 is 5.97 Å². The molecule has 1 aliphatic carbocycles. The van der Waals surface area contributed by atoms with Crippen LogP contribution in [-0.4, -0.2) is 24.9 Å². The lowest BCUT2D eigenvalue weighted by molar-refractivity contribution is 0.0697. The fraction of sp³-hybridized carbons (Fsp3) is 0.467. The molecule has 0 radical (unpaired) electrons. The van der Waals surface area contributed by atoms with Gasteiger partial charge < -0.3 is 5.11 Å². The van der Waals surface area contributed by atoms with Crippen molar-refractivity contribution in [2.45, 2.75) is 44.4 Å². The number of hydrogen-bond acceptors (Lipinski definition) is 2. The molecule has 0 spiro atoms. The molecule has 1 atom stereocenters. The molecule has 0 saturated heterocycles. The Morgan fingerprint density at radius 3 is 2.63 bits per heavy atom. The van der Waals surface area contributed by atoms with Crippen LogP contribution in [0, 0.1) is 0 Å². The lowest BCUT2D eigenvalue weighted by Crippen LogP contribution is -2.19. The van der Waals surface area contributed by atoms with Crippen LogP contribution in [0.1, 0.15) is 45.0 Å². The fourth-order valence-corrected chi connectivity index (χ4v) is 3.81. The molecule has 0 amide bonds. The Labute approximate surface area is 114 Å². The van der Waals surface area contributed by atoms with Crippen molar-refractivity contribution in [1.82, 2.24) is 0 Å². The SMILES string of the molecule is C[Si](C)(C)CCC1CC(=O)c2cc(C(=O)O)ccc21. The average Bonchev–Trinajstić information content (AvgIpc) is 2.62. The maximum absolute atomic E-state index is 12.0. The Morgan fingerprint density at radius 1 is 1.37 bits per heavy atom. The van der Waals surface area contributed by atoms with Crippen molar-refractivity contribution in [3.8, 4) is 0 Å². The van der Waals surface area contributed by atoms with Crippen LogP contribution in [0.4, 0.5) is 0 Å². The summed E-state index contributed by atoms with van der Waals surface area (Å²) in [7, 11) is -1.10. The molecule has 0 saturated carbocycles. The molecular formula is C15H20O3Si. The number of carboxylic acid groups (broad SMARTS) is 1. The van der Waals surface area contributed by atoms with Gasteiger partial charge in [-0.1, -0.05) is 31.8 Å². The molecule has 0 aliphatic heterocycles. The number of rotatable bonds is 4. The van der Waals surface area contributed by atoms with Crippen LogP contribution in [0.5, 0.6) is 0 Å². The molecule has 0 fully saturated rings. The minimum absolute atomic E-state index is 0.0960. The zero-order chi connectivity index (χ0) is 14.2. The molecule has 1 aromatic carbocycles. The zero-order valence-electron chi connectivity index (χ0n) is 11.7. The number of aromatic carboxylic acids is 1. The number of ketones is 1. The summed E-state index contributed by atoms with van der Waals surface area (Å²) >= 11 is 0. The predicted octanol–water partition coefficient (Wildman–Crippen LogP) is 3.78. The summed E-state index contributed by atoms with van der Waals surface area (Å²) in [4.78, 5) is 22.9. The topological polar surface area (TPSA) is 54.4 Å². The van der Waals surface area contributed by atoms with Gasteiger partial charge in [0.25, 0.3) is 0 Å². The zero-order valence-corrected chi connectivity index (χ0v) is 12.7. The van der Waals surface area contributed by atoms with Crippen molar-refractivity contribution in [3.63, 3.8) is 0 Å². The van der Waals surface area contributed by atoms with E-state index in [9.17, 15) is 9.59 Å². The minimum Gasteiger partial charge on any atom is -0.478 e. The molecule has 2 rings (SSSR count). The summed E-state index contributed by atoms with van der Waals surface area (Å²) in [6.45, 7) is 6.99. The second-order valence-corrected chi connectivity index (χ2v) is 12.2. The van der Waals surface area contributed by atoms with E-state index in [-0.39, 0.29) is 17.3 Å². The van der Waals surface area contributed by atoms with Gasteiger partial charge in [0.1, 0.15) is 0 Å². The summed E-state index contributed by atoms with van der Waals surface area (Å²) in [6, 6.07) is 6.18. The molecule has 3 nitrogen and oxygen atoms in total. The first-order chi connectivity index (χ1) is 8.78. The van der Waals surface area contributed by atoms with E-state index in [0.717, 1.165) is 12.0 Å². The van der Waals surface area contributed by atoms with Gasteiger partial charge in [-0.15, -0.1) is 0 Å². The molecule has 1 aromatic rings. The average molecular weight is 276 g/mol. The predicted molar refractivity (Wildman–Crippen MR) is 77.9 cm³/mol. The Balaban J connectivity index is 2.23. The van der Waals surface area contributed by atoms with Crippen LogP contribution in [0.25, 0.3) is 0 Å². The number of benzene rings is 1. The highest BCUT2D eigenvalue weighted by molar-refractivity contribution is 6.76. The van der Waals surface area contributed by atoms with Gasteiger partial charge in [0.2, 0.25) is 0 Å². The van der Waals surface area contributed by atoms with E-state index >= 15 is 0 Å². The van der Waals surface area contributed by atoms with Crippen LogP contribution >= 0.6 is 0 Å². The lowest BCUT2D eigenvalue weighted by atomic mass is 9.97. The van der Waals surface area contributed by atoms with E-state index in [0.29, 0.717) is 12.0 Å². The molecule has 19 heavy (non-hydrogen) atoms. The maximum atomic E-state index is 12.0. The van der Waals surface area contributed by atoms with E-state index in [1.807, 2.05) is 6.07 Å². The van der Waals surface area contributed by atoms with Crippen molar-refractivity contribution in [2.75, 3.05) is 0 Å². The van der Waals surface area contributed by atoms with Crippen molar-refractivity contribution in [2.24, 2.45) is 0 Å². The van der Waals surface area contributed by atoms with Gasteiger partial charge in [-0.05, 0) is 30.0 Å². The van der Waals surface area contributed by atoms with Crippen LogP contribution in [0.15, 0.2) is 18.2 Å². The van der Waals surface area contributed by atoms with Crippen LogP contribution < -0.4 is 0 Å². The number of carbonyl (C=O) groups excluding carboxylic acids is 1. The molecule has 0 bridgehead atoms. The summed E-state index contributed by atoms with van der Waals surface area (Å²) in [6.07, 6.45) is 1.59. The van der Waals surface area contributed by atoms with Crippen LogP contribution in [0.3, 0.4) is 0 Å². The first kappa shape index (κ1) is 14.0. The van der Waals surface area contributed by atoms with Crippen molar-refractivity contribution >= 4 is 19.8 Å². The second-order valence-electron chi connectivity index (χ2n) is 6.53. The van der Waals surface area contributed by atoms with E-state index < -0.39 is 14.0 Å². The van der Waals surface area contributed by atoms with Crippen molar-refractivity contribution < 1.29 is 14.7 Å². The summed E-state index contributed by atoms with van der Waals surface area (Å²) in [5, 5.41) is 8.97. The first-order valence-electron chi connectivity index (χ1n) is 6.68. The Bertz CT molecular complexity index is 529. The summed E-state index contributed by atoms with van der Waals surface area (Å²) in [5.41, 5.74) is 1.88. The Kier molecular flexibility index (Phi) is 3.63. The highest BCUT2D eigenvalue weighted by Crippen LogP contribution is 2.38. The van der Waals surface area contributed by atoms with Crippen molar-refractivity contribution in [1.29, 1.82) is 0 Å². The number of fused-ring (bicyclic) bond motifs is 1. The molecule has 0 heterocycles. The number of Topliss-reactive ketones (excluding diaryl/α,β-unsaturated/α-hetero) is 1. The molecule has 1 N–H and O–H groups in total. The number of carbonyl (C=O) groups is 2. The normalized spacial score (nSPS) is 18.5. The van der Waals surface area contributed by atoms with E-state index in [1.165, 1.54) is 12.1 Å². The van der Waals surface area contributed by atoms with E-state index in [4.69, 9.17) is 5.11 Å². The Hall–Kier alpha value is -1.42. The third kappa shape index (κ3) is 3.12. The Morgan fingerprint density at radius 2 is 2.05 bits per heavy atom. The van der Waals surface area contributed by atoms with Gasteiger partial charge in [0.05, 0.1) is 5.56 Å². The molecule has 4 heteroatoms. The number of hydrogen-bond donors (Lipinski definition) is 1. The van der Waals surface area contributed by atoms with Gasteiger partial charge in [-0.3, -0.25) is 4.79 Å². The maximum Gasteiger partial charge on any atom is 0.335 e. The molecular weight excluding hydrogens is 256 g/mol. The molecule has 1 aliphatic rings. The van der Waals surface area contributed by atoms with E-state index in [1.54, 1.807) is 6.07 Å². The summed E-state index contributed by atoms with van der Waals surface area (Å²) < 4.78 is 0. The molecule has 0 aromatic heterocycles. The van der Waals surface area contributed by atoms with Crippen LogP contribution in [-0.2, 0) is 0 Å². The van der Waals surface area contributed by atoms with Gasteiger partial charge in [0.15, 0.2) is 5.78 Å². The van der Waals surface area contributed by atoms with Crippen molar-refractivity contribution in [3.05, 3.63) is 34.9 Å². The molecule has 102 valence electrons. The van der Waals surface area contributed by atoms with E-state index in [2.05, 4.69) is 19.6 Å². The third-order valence-electron chi connectivity index (χ3n) is 3.72. The van der Waals surface area contributed by atoms with Gasteiger partial charge in [-0.2, -0.15) is 0 Å². The third-order valence-corrected chi connectivity index (χ3v) is 5.50. The van der Waals surface area contributed by atoms with Crippen LogP contribution in [0.2, 0.25) is 25.7 Å². The number of carboxylic acids is 1. The monoisotopic (exact) mass is 276 g/mol. The highest BCUT2D eigenvalue weighted by atomic mass is 28.3. The molecule has 1 unspecified atom stereocenters. The minimum atomic E-state index is -1.10. The largest absolute Gasteiger partial charge is 0.478 e. The van der Waals surface area contributed by atoms with Gasteiger partial charge in [-0.25, -0.2) is 4.79 Å². The fourth-order valence-electron chi connectivity index (χ4n) is 2.60. The van der Waals surface area contributed by atoms with Gasteiger partial charge in [0, 0.05) is 20.1 Å². The summed E-state index contributed by atoms with van der Waals surface area (Å²) in [5.74, 6) is -0.586. The smallest absolute Gasteiger partial charge is 0.335 e. The first-order valence-corrected chi connectivity index (χ1v) is 10.4. The standard InChI is InChI=1S/C15H20O3Si/c1-19(2,3)7-6-10-9-14(16)13-8-11(15(17)18)4-5-12(10)13/h4-5,8,10H,6-7,9H2,1-3H3,(H,17,18). The lowest BCUT2D eigenvalue weighted by Gasteiger charge is -2.18. The highest BCUT2D eigenvalue weighted by Gasteiger charge is 2.30. The quantitative estimate of drug-likeness (QED) is 0.851. The second kappa shape index (κ2) is 4.93.